The van der Waals surface area contributed by atoms with Gasteiger partial charge < -0.3 is 9.15 Å². The number of sulfone groups is 1. The van der Waals surface area contributed by atoms with Crippen molar-refractivity contribution in [3.63, 3.8) is 0 Å². The number of methoxy groups -OCH3 is 1. The monoisotopic (exact) mass is 427 g/mol. The molecule has 0 aliphatic heterocycles. The van der Waals surface area contributed by atoms with Crippen LogP contribution in [0, 0.1) is 13.8 Å². The van der Waals surface area contributed by atoms with Crippen molar-refractivity contribution >= 4 is 15.6 Å². The Morgan fingerprint density at radius 2 is 1.70 bits per heavy atom. The van der Waals surface area contributed by atoms with Crippen LogP contribution in [0.5, 0.6) is 5.75 Å². The van der Waals surface area contributed by atoms with Gasteiger partial charge in [-0.1, -0.05) is 29.8 Å². The minimum Gasteiger partial charge on any atom is -0.497 e. The third-order valence-electron chi connectivity index (χ3n) is 4.78. The van der Waals surface area contributed by atoms with Gasteiger partial charge in [-0.05, 0) is 50.1 Å². The van der Waals surface area contributed by atoms with Gasteiger partial charge in [0.15, 0.2) is 9.84 Å². The van der Waals surface area contributed by atoms with Crippen LogP contribution in [0.15, 0.2) is 52.9 Å². The van der Waals surface area contributed by atoms with Crippen molar-refractivity contribution in [1.29, 1.82) is 0 Å². The molecule has 0 saturated heterocycles. The van der Waals surface area contributed by atoms with Crippen molar-refractivity contribution in [3.8, 4) is 17.2 Å². The molecule has 30 heavy (non-hydrogen) atoms. The summed E-state index contributed by atoms with van der Waals surface area (Å²) >= 11 is 0. The number of hydrogen-bond donors (Lipinski definition) is 0. The molecule has 2 aromatic carbocycles. The Morgan fingerprint density at radius 1 is 1.03 bits per heavy atom. The van der Waals surface area contributed by atoms with Crippen molar-refractivity contribution in [3.05, 3.63) is 71.1 Å². The summed E-state index contributed by atoms with van der Waals surface area (Å²) in [7, 11) is -2.05. The number of ketones is 1. The van der Waals surface area contributed by atoms with E-state index in [9.17, 15) is 13.2 Å². The molecule has 0 spiro atoms. The lowest BCUT2D eigenvalue weighted by molar-refractivity contribution is -0.116. The topological polar surface area (TPSA) is 86.5 Å². The summed E-state index contributed by atoms with van der Waals surface area (Å²) in [4.78, 5) is 16.6. The van der Waals surface area contributed by atoms with Crippen LogP contribution in [0.1, 0.15) is 29.0 Å². The van der Waals surface area contributed by atoms with Crippen LogP contribution < -0.4 is 4.74 Å². The summed E-state index contributed by atoms with van der Waals surface area (Å²) in [6.07, 6.45) is 0.650. The molecule has 0 aliphatic rings. The summed E-state index contributed by atoms with van der Waals surface area (Å²) < 4.78 is 35.8. The highest BCUT2D eigenvalue weighted by Gasteiger charge is 2.22. The largest absolute Gasteiger partial charge is 0.497 e. The first kappa shape index (κ1) is 21.8. The van der Waals surface area contributed by atoms with Crippen molar-refractivity contribution in [2.24, 2.45) is 0 Å². The first-order chi connectivity index (χ1) is 14.3. The molecule has 0 radical (unpaired) electrons. The van der Waals surface area contributed by atoms with Crippen LogP contribution >= 0.6 is 0 Å². The Kier molecular flexibility index (Phi) is 6.72. The van der Waals surface area contributed by atoms with Crippen LogP contribution in [0.3, 0.4) is 0 Å². The number of hydrogen-bond acceptors (Lipinski definition) is 6. The second-order valence-corrected chi connectivity index (χ2v) is 9.37. The average molecular weight is 428 g/mol. The Labute approximate surface area is 176 Å². The molecule has 0 atom stereocenters. The Balaban J connectivity index is 1.60. The van der Waals surface area contributed by atoms with Gasteiger partial charge in [-0.2, -0.15) is 0 Å². The van der Waals surface area contributed by atoms with Crippen molar-refractivity contribution < 1.29 is 22.4 Å². The van der Waals surface area contributed by atoms with Crippen LogP contribution in [0.4, 0.5) is 0 Å². The summed E-state index contributed by atoms with van der Waals surface area (Å²) in [5.74, 6) is 0.423. The highest BCUT2D eigenvalue weighted by Crippen LogP contribution is 2.23. The third kappa shape index (κ3) is 5.79. The number of oxazole rings is 1. The van der Waals surface area contributed by atoms with Gasteiger partial charge in [-0.15, -0.1) is 0 Å². The van der Waals surface area contributed by atoms with Crippen LogP contribution in [-0.2, 0) is 26.8 Å². The molecule has 0 N–H and O–H groups in total. The molecule has 0 unspecified atom stereocenters. The van der Waals surface area contributed by atoms with Crippen molar-refractivity contribution in [2.45, 2.75) is 32.4 Å². The van der Waals surface area contributed by atoms with Gasteiger partial charge in [0.2, 0.25) is 5.89 Å². The fourth-order valence-corrected chi connectivity index (χ4v) is 4.46. The highest BCUT2D eigenvalue weighted by atomic mass is 32.2. The van der Waals surface area contributed by atoms with E-state index in [1.54, 1.807) is 14.0 Å². The maximum atomic E-state index is 12.5. The van der Waals surface area contributed by atoms with E-state index >= 15 is 0 Å². The Hall–Kier alpha value is -2.93. The smallest absolute Gasteiger partial charge is 0.226 e. The van der Waals surface area contributed by atoms with E-state index in [4.69, 9.17) is 9.15 Å². The predicted molar refractivity (Wildman–Crippen MR) is 115 cm³/mol. The summed E-state index contributed by atoms with van der Waals surface area (Å²) in [5, 5.41) is 0. The second kappa shape index (κ2) is 9.26. The highest BCUT2D eigenvalue weighted by molar-refractivity contribution is 7.91. The SMILES string of the molecule is COc1ccc(CCC(=O)CS(=O)(=O)Cc2nc(-c3ccc(C)cc3)oc2C)cc1. The summed E-state index contributed by atoms with van der Waals surface area (Å²) in [6, 6.07) is 15.0. The molecule has 0 saturated carbocycles. The molecule has 1 aromatic heterocycles. The molecule has 7 heteroatoms. The number of aromatic nitrogens is 1. The van der Waals surface area contributed by atoms with Crippen LogP contribution in [0.25, 0.3) is 11.5 Å². The van der Waals surface area contributed by atoms with Gasteiger partial charge in [0.1, 0.15) is 23.0 Å². The number of rotatable bonds is 9. The number of benzene rings is 2. The lowest BCUT2D eigenvalue weighted by Gasteiger charge is -2.04. The molecular formula is C23H25NO5S. The molecule has 3 aromatic rings. The Morgan fingerprint density at radius 3 is 2.33 bits per heavy atom. The normalized spacial score (nSPS) is 11.4. The van der Waals surface area contributed by atoms with Crippen LogP contribution in [-0.4, -0.2) is 32.0 Å². The maximum absolute atomic E-state index is 12.5. The molecule has 0 bridgehead atoms. The number of nitrogens with zero attached hydrogens (tertiary/aromatic N) is 1. The van der Waals surface area contributed by atoms with Gasteiger partial charge in [-0.3, -0.25) is 4.79 Å². The molecule has 158 valence electrons. The maximum Gasteiger partial charge on any atom is 0.226 e. The zero-order valence-corrected chi connectivity index (χ0v) is 18.2. The number of carbonyl (C=O) groups excluding carboxylic acids is 1. The van der Waals surface area contributed by atoms with E-state index in [1.807, 2.05) is 55.5 Å². The standard InChI is InChI=1S/C23H25NO5S/c1-16-4-9-19(10-5-16)23-24-22(17(2)29-23)15-30(26,27)14-20(25)11-6-18-7-12-21(28-3)13-8-18/h4-5,7-10,12-13H,6,11,14-15H2,1-3H3. The second-order valence-electron chi connectivity index (χ2n) is 7.31. The molecule has 0 aliphatic carbocycles. The zero-order valence-electron chi connectivity index (χ0n) is 17.3. The van der Waals surface area contributed by atoms with E-state index in [1.165, 1.54) is 0 Å². The molecule has 6 nitrogen and oxygen atoms in total. The third-order valence-corrected chi connectivity index (χ3v) is 6.26. The Bertz CT molecular complexity index is 1110. The fraction of sp³-hybridized carbons (Fsp3) is 0.304. The predicted octanol–water partition coefficient (Wildman–Crippen LogP) is 4.08. The van der Waals surface area contributed by atoms with Gasteiger partial charge in [0.25, 0.3) is 0 Å². The van der Waals surface area contributed by atoms with Crippen molar-refractivity contribution in [1.82, 2.24) is 4.98 Å². The fourth-order valence-electron chi connectivity index (χ4n) is 3.03. The zero-order chi connectivity index (χ0) is 21.7. The van der Waals surface area contributed by atoms with Gasteiger partial charge >= 0.3 is 0 Å². The quantitative estimate of drug-likeness (QED) is 0.511. The number of carbonyl (C=O) groups is 1. The van der Waals surface area contributed by atoms with E-state index in [-0.39, 0.29) is 18.0 Å². The molecule has 3 rings (SSSR count). The van der Waals surface area contributed by atoms with Gasteiger partial charge in [-0.25, -0.2) is 13.4 Å². The molecule has 0 fully saturated rings. The van der Waals surface area contributed by atoms with E-state index in [2.05, 4.69) is 4.98 Å². The number of Topliss-reactive ketones (excluding diaryl/α,β-unsaturated/α-hetero) is 1. The summed E-state index contributed by atoms with van der Waals surface area (Å²) in [5.41, 5.74) is 3.19. The van der Waals surface area contributed by atoms with Crippen molar-refractivity contribution in [2.75, 3.05) is 12.9 Å². The molecule has 1 heterocycles. The number of aryl methyl sites for hydroxylation is 3. The van der Waals surface area contributed by atoms with Gasteiger partial charge in [0.05, 0.1) is 18.6 Å². The average Bonchev–Trinajstić information content (AvgIpc) is 3.06. The lowest BCUT2D eigenvalue weighted by atomic mass is 10.1. The first-order valence-electron chi connectivity index (χ1n) is 9.64. The van der Waals surface area contributed by atoms with E-state index in [0.717, 1.165) is 22.4 Å². The van der Waals surface area contributed by atoms with Gasteiger partial charge in [0, 0.05) is 12.0 Å². The van der Waals surface area contributed by atoms with E-state index in [0.29, 0.717) is 23.8 Å². The first-order valence-corrected chi connectivity index (χ1v) is 11.5. The molecular weight excluding hydrogens is 402 g/mol. The summed E-state index contributed by atoms with van der Waals surface area (Å²) in [6.45, 7) is 3.66. The lowest BCUT2D eigenvalue weighted by Crippen LogP contribution is -2.18. The van der Waals surface area contributed by atoms with E-state index < -0.39 is 15.6 Å². The van der Waals surface area contributed by atoms with Crippen LogP contribution in [0.2, 0.25) is 0 Å². The molecule has 0 amide bonds. The minimum absolute atomic E-state index is 0.165. The minimum atomic E-state index is -3.64. The number of ether oxygens (including phenoxy) is 1.